The molecule has 0 spiro atoms. The SMILES string of the molecule is CCNc1cc(N2CCCN(C)C(=O)C2)ccn1. The standard InChI is InChI=1S/C13H20N4O/c1-3-14-12-9-11(5-6-15-12)17-8-4-7-16(2)13(18)10-17/h5-6,9H,3-4,7-8,10H2,1-2H3,(H,14,15). The van der Waals surface area contributed by atoms with Crippen LogP contribution < -0.4 is 10.2 Å². The van der Waals surface area contributed by atoms with Gasteiger partial charge in [-0.1, -0.05) is 0 Å². The number of pyridine rings is 1. The molecule has 2 heterocycles. The second-order valence-electron chi connectivity index (χ2n) is 4.52. The minimum absolute atomic E-state index is 0.175. The van der Waals surface area contributed by atoms with Gasteiger partial charge in [-0.2, -0.15) is 0 Å². The lowest BCUT2D eigenvalue weighted by Gasteiger charge is -2.22. The topological polar surface area (TPSA) is 48.5 Å². The van der Waals surface area contributed by atoms with Crippen molar-refractivity contribution in [2.45, 2.75) is 13.3 Å². The van der Waals surface area contributed by atoms with Crippen LogP contribution in [0, 0.1) is 0 Å². The highest BCUT2D eigenvalue weighted by Gasteiger charge is 2.19. The highest BCUT2D eigenvalue weighted by atomic mass is 16.2. The molecule has 0 atom stereocenters. The number of nitrogens with zero attached hydrogens (tertiary/aromatic N) is 3. The number of rotatable bonds is 3. The summed E-state index contributed by atoms with van der Waals surface area (Å²) in [4.78, 5) is 20.0. The first kappa shape index (κ1) is 12.7. The van der Waals surface area contributed by atoms with Crippen molar-refractivity contribution in [1.29, 1.82) is 0 Å². The first-order valence-electron chi connectivity index (χ1n) is 6.39. The van der Waals surface area contributed by atoms with Crippen LogP contribution in [0.15, 0.2) is 18.3 Å². The van der Waals surface area contributed by atoms with Gasteiger partial charge in [-0.05, 0) is 19.4 Å². The summed E-state index contributed by atoms with van der Waals surface area (Å²) < 4.78 is 0. The fourth-order valence-corrected chi connectivity index (χ4v) is 2.10. The quantitative estimate of drug-likeness (QED) is 0.872. The Morgan fingerprint density at radius 1 is 1.44 bits per heavy atom. The summed E-state index contributed by atoms with van der Waals surface area (Å²) in [6.07, 6.45) is 2.79. The van der Waals surface area contributed by atoms with Gasteiger partial charge >= 0.3 is 0 Å². The van der Waals surface area contributed by atoms with Crippen molar-refractivity contribution in [3.05, 3.63) is 18.3 Å². The molecule has 0 saturated carbocycles. The second kappa shape index (κ2) is 5.71. The Morgan fingerprint density at radius 3 is 3.06 bits per heavy atom. The molecule has 0 aliphatic carbocycles. The van der Waals surface area contributed by atoms with Gasteiger partial charge in [-0.25, -0.2) is 4.98 Å². The summed E-state index contributed by atoms with van der Waals surface area (Å²) in [6, 6.07) is 3.96. The lowest BCUT2D eigenvalue weighted by atomic mass is 10.3. The van der Waals surface area contributed by atoms with E-state index in [1.807, 2.05) is 26.1 Å². The van der Waals surface area contributed by atoms with Crippen molar-refractivity contribution < 1.29 is 4.79 Å². The van der Waals surface area contributed by atoms with Crippen molar-refractivity contribution in [1.82, 2.24) is 9.88 Å². The molecule has 2 rings (SSSR count). The van der Waals surface area contributed by atoms with Gasteiger partial charge in [0.1, 0.15) is 5.82 Å². The molecule has 1 aliphatic rings. The normalized spacial score (nSPS) is 16.7. The van der Waals surface area contributed by atoms with Crippen LogP contribution in [0.4, 0.5) is 11.5 Å². The fraction of sp³-hybridized carbons (Fsp3) is 0.538. The van der Waals surface area contributed by atoms with Gasteiger partial charge in [-0.3, -0.25) is 4.79 Å². The molecule has 0 radical (unpaired) electrons. The number of nitrogens with one attached hydrogen (secondary N) is 1. The Kier molecular flexibility index (Phi) is 4.02. The molecule has 18 heavy (non-hydrogen) atoms. The molecule has 1 aromatic rings. The maximum absolute atomic E-state index is 11.9. The van der Waals surface area contributed by atoms with Crippen LogP contribution in [0.1, 0.15) is 13.3 Å². The lowest BCUT2D eigenvalue weighted by Crippen LogP contribution is -2.34. The Balaban J connectivity index is 2.14. The number of hydrogen-bond donors (Lipinski definition) is 1. The van der Waals surface area contributed by atoms with E-state index in [1.54, 1.807) is 11.1 Å². The summed E-state index contributed by atoms with van der Waals surface area (Å²) in [5.74, 6) is 1.04. The van der Waals surface area contributed by atoms with Crippen molar-refractivity contribution in [3.8, 4) is 0 Å². The Morgan fingerprint density at radius 2 is 2.28 bits per heavy atom. The van der Waals surface area contributed by atoms with Crippen molar-refractivity contribution in [2.75, 3.05) is 43.4 Å². The third kappa shape index (κ3) is 2.91. The largest absolute Gasteiger partial charge is 0.370 e. The molecule has 1 aromatic heterocycles. The molecule has 1 fully saturated rings. The summed E-state index contributed by atoms with van der Waals surface area (Å²) in [5, 5.41) is 3.19. The van der Waals surface area contributed by atoms with E-state index in [2.05, 4.69) is 15.2 Å². The predicted octanol–water partition coefficient (Wildman–Crippen LogP) is 1.18. The molecule has 5 nitrogen and oxygen atoms in total. The first-order chi connectivity index (χ1) is 8.70. The zero-order valence-corrected chi connectivity index (χ0v) is 11.0. The van der Waals surface area contributed by atoms with Crippen LogP contribution in [0.25, 0.3) is 0 Å². The van der Waals surface area contributed by atoms with Crippen LogP contribution in [0.2, 0.25) is 0 Å². The van der Waals surface area contributed by atoms with Gasteiger partial charge in [0.15, 0.2) is 0 Å². The van der Waals surface area contributed by atoms with E-state index in [0.717, 1.165) is 37.6 Å². The van der Waals surface area contributed by atoms with Crippen LogP contribution >= 0.6 is 0 Å². The average Bonchev–Trinajstić information content (AvgIpc) is 2.53. The number of aromatic nitrogens is 1. The summed E-state index contributed by atoms with van der Waals surface area (Å²) in [6.45, 7) is 5.08. The van der Waals surface area contributed by atoms with Gasteiger partial charge < -0.3 is 15.1 Å². The third-order valence-corrected chi connectivity index (χ3v) is 3.14. The van der Waals surface area contributed by atoms with Crippen molar-refractivity contribution in [2.24, 2.45) is 0 Å². The first-order valence-corrected chi connectivity index (χ1v) is 6.39. The molecule has 0 unspecified atom stereocenters. The molecule has 0 aromatic carbocycles. The number of carbonyl (C=O) groups excluding carboxylic acids is 1. The molecule has 1 aliphatic heterocycles. The predicted molar refractivity (Wildman–Crippen MR) is 72.9 cm³/mol. The monoisotopic (exact) mass is 248 g/mol. The number of anilines is 2. The minimum Gasteiger partial charge on any atom is -0.370 e. The number of carbonyl (C=O) groups is 1. The zero-order chi connectivity index (χ0) is 13.0. The smallest absolute Gasteiger partial charge is 0.241 e. The van der Waals surface area contributed by atoms with E-state index >= 15 is 0 Å². The van der Waals surface area contributed by atoms with E-state index in [9.17, 15) is 4.79 Å². The van der Waals surface area contributed by atoms with E-state index in [-0.39, 0.29) is 5.91 Å². The van der Waals surface area contributed by atoms with Gasteiger partial charge in [0.2, 0.25) is 5.91 Å². The Labute approximate surface area is 108 Å². The van der Waals surface area contributed by atoms with Gasteiger partial charge in [0.05, 0.1) is 6.54 Å². The number of likely N-dealkylation sites (N-methyl/N-ethyl adjacent to an activating group) is 1. The number of hydrogen-bond acceptors (Lipinski definition) is 4. The molecule has 0 bridgehead atoms. The van der Waals surface area contributed by atoms with Crippen LogP contribution in [0.3, 0.4) is 0 Å². The molecule has 5 heteroatoms. The summed E-state index contributed by atoms with van der Waals surface area (Å²) in [7, 11) is 1.86. The van der Waals surface area contributed by atoms with E-state index in [4.69, 9.17) is 0 Å². The van der Waals surface area contributed by atoms with E-state index in [0.29, 0.717) is 6.54 Å². The fourth-order valence-electron chi connectivity index (χ4n) is 2.10. The van der Waals surface area contributed by atoms with Crippen molar-refractivity contribution in [3.63, 3.8) is 0 Å². The molecular formula is C13H20N4O. The molecule has 1 amide bonds. The van der Waals surface area contributed by atoms with E-state index < -0.39 is 0 Å². The van der Waals surface area contributed by atoms with Gasteiger partial charge in [-0.15, -0.1) is 0 Å². The summed E-state index contributed by atoms with van der Waals surface area (Å²) >= 11 is 0. The molecular weight excluding hydrogens is 228 g/mol. The van der Waals surface area contributed by atoms with Crippen molar-refractivity contribution >= 4 is 17.4 Å². The Bertz CT molecular complexity index is 421. The third-order valence-electron chi connectivity index (χ3n) is 3.14. The van der Waals surface area contributed by atoms with Gasteiger partial charge in [0.25, 0.3) is 0 Å². The minimum atomic E-state index is 0.175. The van der Waals surface area contributed by atoms with Crippen LogP contribution in [0.5, 0.6) is 0 Å². The summed E-state index contributed by atoms with van der Waals surface area (Å²) in [5.41, 5.74) is 1.06. The highest BCUT2D eigenvalue weighted by molar-refractivity contribution is 5.81. The highest BCUT2D eigenvalue weighted by Crippen LogP contribution is 2.19. The lowest BCUT2D eigenvalue weighted by molar-refractivity contribution is -0.127. The molecule has 1 N–H and O–H groups in total. The maximum atomic E-state index is 11.9. The second-order valence-corrected chi connectivity index (χ2v) is 4.52. The zero-order valence-electron chi connectivity index (χ0n) is 11.0. The van der Waals surface area contributed by atoms with Crippen LogP contribution in [-0.2, 0) is 4.79 Å². The molecule has 98 valence electrons. The van der Waals surface area contributed by atoms with Crippen LogP contribution in [-0.4, -0.2) is 49.0 Å². The Hall–Kier alpha value is -1.78. The van der Waals surface area contributed by atoms with Gasteiger partial charge in [0, 0.05) is 44.6 Å². The maximum Gasteiger partial charge on any atom is 0.241 e. The number of amides is 1. The van der Waals surface area contributed by atoms with E-state index in [1.165, 1.54) is 0 Å². The average molecular weight is 248 g/mol. The molecule has 1 saturated heterocycles.